The third-order valence-electron chi connectivity index (χ3n) is 3.18. The van der Waals surface area contributed by atoms with E-state index in [1.165, 1.54) is 4.57 Å². The molecule has 0 fully saturated rings. The minimum Gasteiger partial charge on any atom is -0.383 e. The highest BCUT2D eigenvalue weighted by Crippen LogP contribution is 2.14. The summed E-state index contributed by atoms with van der Waals surface area (Å²) in [4.78, 5) is 26.0. The van der Waals surface area contributed by atoms with Gasteiger partial charge in [0.15, 0.2) is 5.69 Å². The number of hydrogen-bond donors (Lipinski definition) is 3. The number of H-pyrrole nitrogens is 1. The molecule has 2 heterocycles. The van der Waals surface area contributed by atoms with Crippen LogP contribution in [-0.2, 0) is 6.54 Å². The van der Waals surface area contributed by atoms with Gasteiger partial charge in [-0.2, -0.15) is 0 Å². The molecule has 20 heavy (non-hydrogen) atoms. The van der Waals surface area contributed by atoms with Gasteiger partial charge in [0, 0.05) is 17.9 Å². The van der Waals surface area contributed by atoms with Crippen LogP contribution in [0.1, 0.15) is 24.7 Å². The van der Waals surface area contributed by atoms with Crippen molar-refractivity contribution in [2.75, 3.05) is 11.2 Å². The second kappa shape index (κ2) is 5.28. The van der Waals surface area contributed by atoms with Gasteiger partial charge in [-0.05, 0) is 32.4 Å². The van der Waals surface area contributed by atoms with Crippen LogP contribution in [0.5, 0.6) is 0 Å². The summed E-state index contributed by atoms with van der Waals surface area (Å²) >= 11 is 0. The Hall–Kier alpha value is -2.44. The summed E-state index contributed by atoms with van der Waals surface area (Å²) in [5, 5.41) is 0. The molecular weight excluding hydrogens is 258 g/mol. The molecule has 0 bridgehead atoms. The van der Waals surface area contributed by atoms with E-state index >= 15 is 0 Å². The predicted octanol–water partition coefficient (Wildman–Crippen LogP) is 0.822. The molecule has 7 nitrogen and oxygen atoms in total. The number of anilines is 2. The van der Waals surface area contributed by atoms with E-state index in [0.717, 1.165) is 17.8 Å². The van der Waals surface area contributed by atoms with Crippen molar-refractivity contribution in [3.8, 4) is 0 Å². The summed E-state index contributed by atoms with van der Waals surface area (Å²) < 4.78 is 3.11. The number of nitrogens with two attached hydrogens (primary N) is 1. The maximum Gasteiger partial charge on any atom is 0.330 e. The van der Waals surface area contributed by atoms with Gasteiger partial charge in [0.05, 0.1) is 0 Å². The SMILES string of the molecule is CCCn1c(N)c(Nn2c(C)ccc2C)c(=O)[nH]c1=O. The summed E-state index contributed by atoms with van der Waals surface area (Å²) in [6, 6.07) is 3.85. The first-order valence-electron chi connectivity index (χ1n) is 6.50. The van der Waals surface area contributed by atoms with Gasteiger partial charge in [0.1, 0.15) is 5.82 Å². The van der Waals surface area contributed by atoms with Crippen LogP contribution in [0.25, 0.3) is 0 Å². The average Bonchev–Trinajstić information content (AvgIpc) is 2.70. The van der Waals surface area contributed by atoms with Gasteiger partial charge in [-0.3, -0.25) is 24.4 Å². The standard InChI is InChI=1S/C13H19N5O2/c1-4-7-17-11(14)10(12(19)15-13(17)20)16-18-8(2)5-6-9(18)3/h5-6,16H,4,7,14H2,1-3H3,(H,15,19,20). The molecule has 0 saturated carbocycles. The molecule has 2 aromatic heterocycles. The van der Waals surface area contributed by atoms with Crippen molar-refractivity contribution in [3.63, 3.8) is 0 Å². The van der Waals surface area contributed by atoms with Crippen LogP contribution in [0, 0.1) is 13.8 Å². The Morgan fingerprint density at radius 2 is 1.85 bits per heavy atom. The Kier molecular flexibility index (Phi) is 3.69. The third-order valence-corrected chi connectivity index (χ3v) is 3.18. The minimum atomic E-state index is -0.521. The fourth-order valence-electron chi connectivity index (χ4n) is 2.10. The van der Waals surface area contributed by atoms with Crippen molar-refractivity contribution in [3.05, 3.63) is 44.4 Å². The van der Waals surface area contributed by atoms with Gasteiger partial charge in [0.25, 0.3) is 5.56 Å². The first-order chi connectivity index (χ1) is 9.45. The van der Waals surface area contributed by atoms with Gasteiger partial charge in [-0.15, -0.1) is 0 Å². The van der Waals surface area contributed by atoms with Crippen molar-refractivity contribution in [1.29, 1.82) is 0 Å². The van der Waals surface area contributed by atoms with E-state index in [1.54, 1.807) is 4.68 Å². The number of nitrogens with one attached hydrogen (secondary N) is 2. The molecule has 2 aromatic rings. The van der Waals surface area contributed by atoms with E-state index in [-0.39, 0.29) is 11.5 Å². The molecule has 0 aromatic carbocycles. The molecule has 0 aliphatic heterocycles. The third kappa shape index (κ3) is 2.34. The Morgan fingerprint density at radius 1 is 1.25 bits per heavy atom. The van der Waals surface area contributed by atoms with Gasteiger partial charge >= 0.3 is 5.69 Å². The molecule has 7 heteroatoms. The van der Waals surface area contributed by atoms with E-state index in [0.29, 0.717) is 6.54 Å². The van der Waals surface area contributed by atoms with Gasteiger partial charge in [0.2, 0.25) is 0 Å². The smallest absolute Gasteiger partial charge is 0.330 e. The lowest BCUT2D eigenvalue weighted by atomic mass is 10.4. The quantitative estimate of drug-likeness (QED) is 0.770. The summed E-state index contributed by atoms with van der Waals surface area (Å²) in [5.74, 6) is 0.146. The topological polar surface area (TPSA) is 97.8 Å². The highest BCUT2D eigenvalue weighted by atomic mass is 16.2. The van der Waals surface area contributed by atoms with Crippen LogP contribution in [-0.4, -0.2) is 14.2 Å². The Bertz CT molecular complexity index is 719. The zero-order chi connectivity index (χ0) is 14.9. The van der Waals surface area contributed by atoms with Crippen LogP contribution < -0.4 is 22.4 Å². The summed E-state index contributed by atoms with van der Waals surface area (Å²) in [6.07, 6.45) is 0.747. The summed E-state index contributed by atoms with van der Waals surface area (Å²) in [7, 11) is 0. The number of nitrogen functional groups attached to an aromatic ring is 1. The van der Waals surface area contributed by atoms with Crippen molar-refractivity contribution in [2.45, 2.75) is 33.7 Å². The van der Waals surface area contributed by atoms with Crippen LogP contribution in [0.15, 0.2) is 21.7 Å². The van der Waals surface area contributed by atoms with Gasteiger partial charge in [-0.1, -0.05) is 6.92 Å². The van der Waals surface area contributed by atoms with Crippen LogP contribution in [0.3, 0.4) is 0 Å². The van der Waals surface area contributed by atoms with Crippen LogP contribution >= 0.6 is 0 Å². The van der Waals surface area contributed by atoms with Crippen LogP contribution in [0.4, 0.5) is 11.5 Å². The molecule has 4 N–H and O–H groups in total. The second-order valence-corrected chi connectivity index (χ2v) is 4.73. The number of rotatable bonds is 4. The van der Waals surface area contributed by atoms with E-state index < -0.39 is 11.2 Å². The highest BCUT2D eigenvalue weighted by molar-refractivity contribution is 5.60. The molecule has 0 aliphatic rings. The average molecular weight is 277 g/mol. The van der Waals surface area contributed by atoms with Gasteiger partial charge < -0.3 is 5.73 Å². The van der Waals surface area contributed by atoms with Crippen LogP contribution in [0.2, 0.25) is 0 Å². The molecule has 0 atom stereocenters. The Labute approximate surface area is 116 Å². The molecule has 0 aliphatic carbocycles. The molecule has 0 saturated heterocycles. The van der Waals surface area contributed by atoms with Gasteiger partial charge in [-0.25, -0.2) is 4.79 Å². The zero-order valence-corrected chi connectivity index (χ0v) is 11.9. The summed E-state index contributed by atoms with van der Waals surface area (Å²) in [6.45, 7) is 6.21. The number of aromatic amines is 1. The fraction of sp³-hybridized carbons (Fsp3) is 0.385. The number of aryl methyl sites for hydroxylation is 2. The molecular formula is C13H19N5O2. The van der Waals surface area contributed by atoms with E-state index in [2.05, 4.69) is 10.4 Å². The largest absolute Gasteiger partial charge is 0.383 e. The van der Waals surface area contributed by atoms with E-state index in [4.69, 9.17) is 5.73 Å². The molecule has 108 valence electrons. The first-order valence-corrected chi connectivity index (χ1v) is 6.50. The fourth-order valence-corrected chi connectivity index (χ4v) is 2.10. The predicted molar refractivity (Wildman–Crippen MR) is 79.0 cm³/mol. The lowest BCUT2D eigenvalue weighted by molar-refractivity contribution is 0.641. The number of hydrogen-bond acceptors (Lipinski definition) is 4. The highest BCUT2D eigenvalue weighted by Gasteiger charge is 2.13. The minimum absolute atomic E-state index is 0.146. The Balaban J connectivity index is 2.55. The molecule has 0 unspecified atom stereocenters. The van der Waals surface area contributed by atoms with Crippen molar-refractivity contribution in [2.24, 2.45) is 0 Å². The van der Waals surface area contributed by atoms with E-state index in [9.17, 15) is 9.59 Å². The van der Waals surface area contributed by atoms with E-state index in [1.807, 2.05) is 32.9 Å². The summed E-state index contributed by atoms with van der Waals surface area (Å²) in [5.41, 5.74) is 9.98. The normalized spacial score (nSPS) is 10.8. The number of aromatic nitrogens is 3. The molecule has 0 radical (unpaired) electrons. The van der Waals surface area contributed by atoms with Crippen molar-refractivity contribution in [1.82, 2.24) is 14.2 Å². The molecule has 0 amide bonds. The monoisotopic (exact) mass is 277 g/mol. The lowest BCUT2D eigenvalue weighted by Crippen LogP contribution is -2.35. The zero-order valence-electron chi connectivity index (χ0n) is 11.9. The molecule has 0 spiro atoms. The molecule has 2 rings (SSSR count). The first kappa shape index (κ1) is 14.0. The maximum atomic E-state index is 11.9. The van der Waals surface area contributed by atoms with Crippen molar-refractivity contribution < 1.29 is 0 Å². The lowest BCUT2D eigenvalue weighted by Gasteiger charge is -2.16. The number of nitrogens with zero attached hydrogens (tertiary/aromatic N) is 2. The van der Waals surface area contributed by atoms with Crippen molar-refractivity contribution >= 4 is 11.5 Å². The second-order valence-electron chi connectivity index (χ2n) is 4.73. The Morgan fingerprint density at radius 3 is 2.40 bits per heavy atom. The maximum absolute atomic E-state index is 11.9.